The van der Waals surface area contributed by atoms with Crippen LogP contribution in [0.3, 0.4) is 0 Å². The van der Waals surface area contributed by atoms with Crippen molar-refractivity contribution in [3.8, 4) is 0 Å². The summed E-state index contributed by atoms with van der Waals surface area (Å²) in [5.74, 6) is 0.122. The van der Waals surface area contributed by atoms with Gasteiger partial charge in [-0.05, 0) is 25.5 Å². The van der Waals surface area contributed by atoms with Gasteiger partial charge in [0.1, 0.15) is 0 Å². The maximum absolute atomic E-state index is 11.7. The van der Waals surface area contributed by atoms with Crippen molar-refractivity contribution in [2.45, 2.75) is 13.3 Å². The Morgan fingerprint density at radius 2 is 2.31 bits per heavy atom. The molecule has 1 saturated heterocycles. The van der Waals surface area contributed by atoms with E-state index in [0.717, 1.165) is 30.8 Å². The van der Waals surface area contributed by atoms with Gasteiger partial charge in [-0.3, -0.25) is 9.78 Å². The molecule has 0 atom stereocenters. The molecule has 1 aliphatic heterocycles. The number of likely N-dealkylation sites (tertiary alicyclic amines) is 1. The summed E-state index contributed by atoms with van der Waals surface area (Å²) < 4.78 is 0. The van der Waals surface area contributed by atoms with Gasteiger partial charge < -0.3 is 4.90 Å². The van der Waals surface area contributed by atoms with Crippen molar-refractivity contribution in [2.75, 3.05) is 13.1 Å². The van der Waals surface area contributed by atoms with Gasteiger partial charge in [0.05, 0.1) is 5.56 Å². The van der Waals surface area contributed by atoms with Crippen LogP contribution in [0, 0.1) is 6.92 Å². The Balaban J connectivity index is 2.24. The highest BCUT2D eigenvalue weighted by Gasteiger charge is 2.22. The first-order valence-corrected chi connectivity index (χ1v) is 4.50. The fraction of sp³-hybridized carbons (Fsp3) is 0.400. The number of aromatic nitrogens is 1. The van der Waals surface area contributed by atoms with Crippen molar-refractivity contribution in [2.24, 2.45) is 0 Å². The van der Waals surface area contributed by atoms with Crippen LogP contribution >= 0.6 is 0 Å². The second-order valence-corrected chi connectivity index (χ2v) is 3.28. The molecule has 0 unspecified atom stereocenters. The molecule has 68 valence electrons. The minimum absolute atomic E-state index is 0.122. The summed E-state index contributed by atoms with van der Waals surface area (Å²) in [6.07, 6.45) is 2.84. The first-order chi connectivity index (χ1) is 6.29. The van der Waals surface area contributed by atoms with Crippen molar-refractivity contribution < 1.29 is 4.79 Å². The third kappa shape index (κ3) is 1.41. The maximum atomic E-state index is 11.7. The molecule has 0 spiro atoms. The number of hydrogen-bond donors (Lipinski definition) is 0. The van der Waals surface area contributed by atoms with Gasteiger partial charge in [0.2, 0.25) is 0 Å². The average Bonchev–Trinajstić information content (AvgIpc) is 2.01. The zero-order valence-electron chi connectivity index (χ0n) is 7.66. The standard InChI is InChI=1S/C10H12N2O/c1-8-9(4-2-5-11-8)10(13)12-6-3-7-12/h2,4-5H,3,6-7H2,1H3. The molecule has 0 radical (unpaired) electrons. The average molecular weight is 176 g/mol. The Labute approximate surface area is 77.4 Å². The molecule has 0 aromatic carbocycles. The summed E-state index contributed by atoms with van der Waals surface area (Å²) in [5.41, 5.74) is 1.56. The van der Waals surface area contributed by atoms with E-state index in [1.54, 1.807) is 12.3 Å². The van der Waals surface area contributed by atoms with E-state index >= 15 is 0 Å². The fourth-order valence-electron chi connectivity index (χ4n) is 1.40. The van der Waals surface area contributed by atoms with Gasteiger partial charge in [0, 0.05) is 25.0 Å². The number of pyridine rings is 1. The summed E-state index contributed by atoms with van der Waals surface area (Å²) in [4.78, 5) is 17.7. The molecule has 1 aliphatic rings. The zero-order valence-corrected chi connectivity index (χ0v) is 7.66. The van der Waals surface area contributed by atoms with Crippen LogP contribution in [0.1, 0.15) is 22.5 Å². The van der Waals surface area contributed by atoms with Crippen LogP contribution in [0.2, 0.25) is 0 Å². The summed E-state index contributed by atoms with van der Waals surface area (Å²) >= 11 is 0. The maximum Gasteiger partial charge on any atom is 0.255 e. The van der Waals surface area contributed by atoms with Gasteiger partial charge in [0.25, 0.3) is 5.91 Å². The number of amides is 1. The van der Waals surface area contributed by atoms with Crippen molar-refractivity contribution >= 4 is 5.91 Å². The lowest BCUT2D eigenvalue weighted by Crippen LogP contribution is -2.42. The van der Waals surface area contributed by atoms with E-state index in [4.69, 9.17) is 0 Å². The van der Waals surface area contributed by atoms with Crippen molar-refractivity contribution in [3.63, 3.8) is 0 Å². The van der Waals surface area contributed by atoms with Gasteiger partial charge >= 0.3 is 0 Å². The first kappa shape index (κ1) is 8.23. The molecule has 3 nitrogen and oxygen atoms in total. The molecule has 1 amide bonds. The van der Waals surface area contributed by atoms with Gasteiger partial charge in [-0.15, -0.1) is 0 Å². The number of rotatable bonds is 1. The van der Waals surface area contributed by atoms with Crippen LogP contribution in [0.4, 0.5) is 0 Å². The Hall–Kier alpha value is -1.38. The molecule has 0 N–H and O–H groups in total. The number of hydrogen-bond acceptors (Lipinski definition) is 2. The van der Waals surface area contributed by atoms with E-state index in [0.29, 0.717) is 0 Å². The Bertz CT molecular complexity index is 331. The highest BCUT2D eigenvalue weighted by Crippen LogP contribution is 2.13. The van der Waals surface area contributed by atoms with Crippen LogP contribution in [-0.4, -0.2) is 28.9 Å². The molecule has 1 fully saturated rings. The quantitative estimate of drug-likeness (QED) is 0.645. The normalized spacial score (nSPS) is 15.3. The molecule has 0 bridgehead atoms. The minimum atomic E-state index is 0.122. The predicted octanol–water partition coefficient (Wildman–Crippen LogP) is 1.24. The molecule has 2 rings (SSSR count). The molecule has 13 heavy (non-hydrogen) atoms. The lowest BCUT2D eigenvalue weighted by molar-refractivity contribution is 0.0650. The lowest BCUT2D eigenvalue weighted by atomic mass is 10.1. The Morgan fingerprint density at radius 1 is 1.54 bits per heavy atom. The van der Waals surface area contributed by atoms with Crippen LogP contribution in [0.25, 0.3) is 0 Å². The van der Waals surface area contributed by atoms with E-state index in [-0.39, 0.29) is 5.91 Å². The molecule has 0 saturated carbocycles. The van der Waals surface area contributed by atoms with Crippen LogP contribution < -0.4 is 0 Å². The zero-order chi connectivity index (χ0) is 9.26. The number of carbonyl (C=O) groups is 1. The third-order valence-corrected chi connectivity index (χ3v) is 2.38. The third-order valence-electron chi connectivity index (χ3n) is 2.38. The van der Waals surface area contributed by atoms with Crippen LogP contribution in [0.5, 0.6) is 0 Å². The van der Waals surface area contributed by atoms with E-state index in [1.165, 1.54) is 0 Å². The van der Waals surface area contributed by atoms with Gasteiger partial charge in [-0.1, -0.05) is 0 Å². The highest BCUT2D eigenvalue weighted by atomic mass is 16.2. The number of nitrogens with zero attached hydrogens (tertiary/aromatic N) is 2. The largest absolute Gasteiger partial charge is 0.338 e. The van der Waals surface area contributed by atoms with E-state index in [9.17, 15) is 4.79 Å². The molecular formula is C10H12N2O. The van der Waals surface area contributed by atoms with Crippen LogP contribution in [0.15, 0.2) is 18.3 Å². The summed E-state index contributed by atoms with van der Waals surface area (Å²) in [7, 11) is 0. The molecule has 2 heterocycles. The molecule has 3 heteroatoms. The Morgan fingerprint density at radius 3 is 2.85 bits per heavy atom. The fourth-order valence-corrected chi connectivity index (χ4v) is 1.40. The number of aryl methyl sites for hydroxylation is 1. The van der Waals surface area contributed by atoms with E-state index < -0.39 is 0 Å². The molecular weight excluding hydrogens is 164 g/mol. The SMILES string of the molecule is Cc1ncccc1C(=O)N1CCC1. The summed E-state index contributed by atoms with van der Waals surface area (Å²) in [5, 5.41) is 0. The molecule has 1 aromatic heterocycles. The monoisotopic (exact) mass is 176 g/mol. The van der Waals surface area contributed by atoms with Gasteiger partial charge in [0.15, 0.2) is 0 Å². The summed E-state index contributed by atoms with van der Waals surface area (Å²) in [6, 6.07) is 3.64. The Kier molecular flexibility index (Phi) is 2.00. The highest BCUT2D eigenvalue weighted by molar-refractivity contribution is 5.95. The van der Waals surface area contributed by atoms with Crippen molar-refractivity contribution in [1.29, 1.82) is 0 Å². The van der Waals surface area contributed by atoms with Gasteiger partial charge in [-0.25, -0.2) is 0 Å². The van der Waals surface area contributed by atoms with Crippen molar-refractivity contribution in [3.05, 3.63) is 29.6 Å². The topological polar surface area (TPSA) is 33.2 Å². The predicted molar refractivity (Wildman–Crippen MR) is 49.5 cm³/mol. The van der Waals surface area contributed by atoms with E-state index in [1.807, 2.05) is 17.9 Å². The van der Waals surface area contributed by atoms with Crippen molar-refractivity contribution in [1.82, 2.24) is 9.88 Å². The van der Waals surface area contributed by atoms with E-state index in [2.05, 4.69) is 4.98 Å². The second-order valence-electron chi connectivity index (χ2n) is 3.28. The van der Waals surface area contributed by atoms with Gasteiger partial charge in [-0.2, -0.15) is 0 Å². The molecule has 0 aliphatic carbocycles. The minimum Gasteiger partial charge on any atom is -0.338 e. The second kappa shape index (κ2) is 3.17. The van der Waals surface area contributed by atoms with Crippen LogP contribution in [-0.2, 0) is 0 Å². The summed E-state index contributed by atoms with van der Waals surface area (Å²) in [6.45, 7) is 3.66. The molecule has 1 aromatic rings. The lowest BCUT2D eigenvalue weighted by Gasteiger charge is -2.31. The number of carbonyl (C=O) groups excluding carboxylic acids is 1. The first-order valence-electron chi connectivity index (χ1n) is 4.50. The smallest absolute Gasteiger partial charge is 0.255 e.